The minimum Gasteiger partial charge on any atom is -0.354 e. The summed E-state index contributed by atoms with van der Waals surface area (Å²) >= 11 is 0. The largest absolute Gasteiger partial charge is 0.354 e. The number of nitrogens with zero attached hydrogens (tertiary/aromatic N) is 1. The number of hydrogen-bond acceptors (Lipinski definition) is 4. The topological polar surface area (TPSA) is 55.7 Å². The zero-order chi connectivity index (χ0) is 8.36. The highest BCUT2D eigenvalue weighted by atomic mass is 16.5. The molecule has 0 radical (unpaired) electrons. The summed E-state index contributed by atoms with van der Waals surface area (Å²) < 4.78 is 0. The minimum atomic E-state index is -1.79. The molecule has 0 aromatic carbocycles. The molecule has 10 heavy (non-hydrogen) atoms. The lowest BCUT2D eigenvalue weighted by atomic mass is 10.4. The Kier molecular flexibility index (Phi) is 3.24. The molecule has 0 saturated heterocycles. The van der Waals surface area contributed by atoms with Crippen molar-refractivity contribution in [2.45, 2.75) is 25.9 Å². The van der Waals surface area contributed by atoms with Crippen molar-refractivity contribution >= 4 is 0 Å². The molecule has 0 aliphatic carbocycles. The SMILES string of the molecule is CC(NC(C)(O)O)N(C)C. The third kappa shape index (κ3) is 4.69. The van der Waals surface area contributed by atoms with Crippen LogP contribution in [0.4, 0.5) is 0 Å². The van der Waals surface area contributed by atoms with Gasteiger partial charge in [0.05, 0.1) is 6.17 Å². The Morgan fingerprint density at radius 2 is 1.80 bits per heavy atom. The molecule has 62 valence electrons. The molecule has 0 saturated carbocycles. The molecule has 4 nitrogen and oxygen atoms in total. The smallest absolute Gasteiger partial charge is 0.220 e. The third-order valence-electron chi connectivity index (χ3n) is 1.26. The molecule has 1 unspecified atom stereocenters. The minimum absolute atomic E-state index is 0.0556. The van der Waals surface area contributed by atoms with E-state index in [2.05, 4.69) is 5.32 Å². The van der Waals surface area contributed by atoms with Gasteiger partial charge in [-0.05, 0) is 21.0 Å². The van der Waals surface area contributed by atoms with Gasteiger partial charge in [0.2, 0.25) is 5.91 Å². The van der Waals surface area contributed by atoms with Gasteiger partial charge in [-0.2, -0.15) is 0 Å². The second kappa shape index (κ2) is 3.30. The average Bonchev–Trinajstić information content (AvgIpc) is 1.60. The normalized spacial score (nSPS) is 15.9. The lowest BCUT2D eigenvalue weighted by molar-refractivity contribution is -0.181. The zero-order valence-corrected chi connectivity index (χ0v) is 6.92. The summed E-state index contributed by atoms with van der Waals surface area (Å²) in [5, 5.41) is 20.3. The first-order valence-corrected chi connectivity index (χ1v) is 3.22. The van der Waals surface area contributed by atoms with E-state index in [-0.39, 0.29) is 6.17 Å². The van der Waals surface area contributed by atoms with Crippen LogP contribution in [0.25, 0.3) is 0 Å². The molecular weight excluding hydrogens is 132 g/mol. The second-order valence-electron chi connectivity index (χ2n) is 2.80. The molecule has 0 amide bonds. The van der Waals surface area contributed by atoms with Crippen molar-refractivity contribution in [2.24, 2.45) is 0 Å². The van der Waals surface area contributed by atoms with Crippen LogP contribution in [-0.4, -0.2) is 41.3 Å². The van der Waals surface area contributed by atoms with Crippen LogP contribution >= 0.6 is 0 Å². The van der Waals surface area contributed by atoms with E-state index in [1.165, 1.54) is 6.92 Å². The van der Waals surface area contributed by atoms with E-state index in [4.69, 9.17) is 10.2 Å². The fourth-order valence-electron chi connectivity index (χ4n) is 0.525. The Labute approximate surface area is 61.5 Å². The first-order chi connectivity index (χ1) is 4.33. The fourth-order valence-corrected chi connectivity index (χ4v) is 0.525. The monoisotopic (exact) mass is 148 g/mol. The molecular formula is C6H16N2O2. The van der Waals surface area contributed by atoms with Crippen molar-refractivity contribution in [1.29, 1.82) is 0 Å². The molecule has 0 aromatic rings. The van der Waals surface area contributed by atoms with Crippen LogP contribution in [0, 0.1) is 0 Å². The third-order valence-corrected chi connectivity index (χ3v) is 1.26. The molecule has 0 spiro atoms. The summed E-state index contributed by atoms with van der Waals surface area (Å²) in [5.41, 5.74) is 0. The van der Waals surface area contributed by atoms with Crippen LogP contribution in [0.15, 0.2) is 0 Å². The van der Waals surface area contributed by atoms with Crippen LogP contribution in [-0.2, 0) is 0 Å². The first-order valence-electron chi connectivity index (χ1n) is 3.22. The lowest BCUT2D eigenvalue weighted by Crippen LogP contribution is -2.52. The predicted octanol–water partition coefficient (Wildman–Crippen LogP) is -0.858. The van der Waals surface area contributed by atoms with E-state index in [1.54, 1.807) is 0 Å². The Morgan fingerprint density at radius 1 is 1.40 bits per heavy atom. The molecule has 1 atom stereocenters. The van der Waals surface area contributed by atoms with Gasteiger partial charge in [-0.1, -0.05) is 0 Å². The Hall–Kier alpha value is -0.160. The van der Waals surface area contributed by atoms with E-state index in [0.717, 1.165) is 0 Å². The summed E-state index contributed by atoms with van der Waals surface area (Å²) in [6, 6.07) is 0. The summed E-state index contributed by atoms with van der Waals surface area (Å²) in [6.45, 7) is 3.12. The van der Waals surface area contributed by atoms with Gasteiger partial charge in [-0.3, -0.25) is 10.2 Å². The van der Waals surface area contributed by atoms with E-state index in [1.807, 2.05) is 25.9 Å². The summed E-state index contributed by atoms with van der Waals surface area (Å²) in [7, 11) is 3.70. The number of aliphatic hydroxyl groups is 2. The van der Waals surface area contributed by atoms with E-state index in [0.29, 0.717) is 0 Å². The van der Waals surface area contributed by atoms with Crippen LogP contribution < -0.4 is 5.32 Å². The zero-order valence-electron chi connectivity index (χ0n) is 6.92. The highest BCUT2D eigenvalue weighted by molar-refractivity contribution is 4.60. The second-order valence-corrected chi connectivity index (χ2v) is 2.80. The standard InChI is InChI=1S/C6H16N2O2/c1-5(8(3)4)7-6(2,9)10/h5,7,9-10H,1-4H3. The van der Waals surface area contributed by atoms with E-state index >= 15 is 0 Å². The Bertz CT molecular complexity index is 98.4. The van der Waals surface area contributed by atoms with Gasteiger partial charge >= 0.3 is 0 Å². The molecule has 4 heteroatoms. The van der Waals surface area contributed by atoms with Crippen molar-refractivity contribution in [3.63, 3.8) is 0 Å². The first kappa shape index (κ1) is 9.84. The maximum atomic E-state index is 8.85. The van der Waals surface area contributed by atoms with Crippen molar-refractivity contribution < 1.29 is 10.2 Å². The molecule has 0 fully saturated rings. The van der Waals surface area contributed by atoms with Gasteiger partial charge in [-0.25, -0.2) is 0 Å². The number of rotatable bonds is 3. The molecule has 0 aliphatic rings. The van der Waals surface area contributed by atoms with Crippen LogP contribution in [0.3, 0.4) is 0 Å². The highest BCUT2D eigenvalue weighted by Gasteiger charge is 2.18. The number of hydrogen-bond donors (Lipinski definition) is 3. The van der Waals surface area contributed by atoms with Gasteiger partial charge in [0.25, 0.3) is 0 Å². The van der Waals surface area contributed by atoms with Gasteiger partial charge < -0.3 is 10.2 Å². The molecule has 3 N–H and O–H groups in total. The maximum Gasteiger partial charge on any atom is 0.220 e. The van der Waals surface area contributed by atoms with Crippen LogP contribution in [0.5, 0.6) is 0 Å². The number of nitrogens with one attached hydrogen (secondary N) is 1. The average molecular weight is 148 g/mol. The summed E-state index contributed by atoms with van der Waals surface area (Å²) in [4.78, 5) is 1.84. The van der Waals surface area contributed by atoms with Crippen LogP contribution in [0.1, 0.15) is 13.8 Å². The Morgan fingerprint density at radius 3 is 1.90 bits per heavy atom. The van der Waals surface area contributed by atoms with Crippen molar-refractivity contribution in [3.8, 4) is 0 Å². The van der Waals surface area contributed by atoms with Crippen LogP contribution in [0.2, 0.25) is 0 Å². The molecule has 0 aliphatic heterocycles. The van der Waals surface area contributed by atoms with Gasteiger partial charge in [-0.15, -0.1) is 0 Å². The van der Waals surface area contributed by atoms with E-state index in [9.17, 15) is 0 Å². The lowest BCUT2D eigenvalue weighted by Gasteiger charge is -2.27. The van der Waals surface area contributed by atoms with Gasteiger partial charge in [0.15, 0.2) is 0 Å². The van der Waals surface area contributed by atoms with Gasteiger partial charge in [0.1, 0.15) is 0 Å². The molecule has 0 heterocycles. The van der Waals surface area contributed by atoms with Crippen molar-refractivity contribution in [3.05, 3.63) is 0 Å². The predicted molar refractivity (Wildman–Crippen MR) is 39.1 cm³/mol. The molecule has 0 bridgehead atoms. The highest BCUT2D eigenvalue weighted by Crippen LogP contribution is 1.95. The Balaban J connectivity index is 3.68. The maximum absolute atomic E-state index is 8.85. The molecule has 0 aromatic heterocycles. The summed E-state index contributed by atoms with van der Waals surface area (Å²) in [6.07, 6.45) is -0.0556. The van der Waals surface area contributed by atoms with Gasteiger partial charge in [0, 0.05) is 6.92 Å². The quantitative estimate of drug-likeness (QED) is 0.456. The summed E-state index contributed by atoms with van der Waals surface area (Å²) in [5.74, 6) is -1.79. The van der Waals surface area contributed by atoms with Crippen molar-refractivity contribution in [1.82, 2.24) is 10.2 Å². The van der Waals surface area contributed by atoms with Crippen molar-refractivity contribution in [2.75, 3.05) is 14.1 Å². The fraction of sp³-hybridized carbons (Fsp3) is 1.00. The molecule has 0 rings (SSSR count). The van der Waals surface area contributed by atoms with E-state index < -0.39 is 5.91 Å².